The summed E-state index contributed by atoms with van der Waals surface area (Å²) in [6, 6.07) is 18.9. The average Bonchev–Trinajstić information content (AvgIpc) is 3.40. The van der Waals surface area contributed by atoms with E-state index in [0.717, 1.165) is 35.3 Å². The van der Waals surface area contributed by atoms with E-state index in [9.17, 15) is 14.7 Å². The highest BCUT2D eigenvalue weighted by atomic mass is 16.6. The number of nitrogens with zero attached hydrogens (tertiary/aromatic N) is 1. The third-order valence-corrected chi connectivity index (χ3v) is 7.86. The highest BCUT2D eigenvalue weighted by Crippen LogP contribution is 2.25. The first kappa shape index (κ1) is 34.2. The predicted octanol–water partition coefficient (Wildman–Crippen LogP) is 7.18. The summed E-state index contributed by atoms with van der Waals surface area (Å²) < 4.78 is 17.9. The van der Waals surface area contributed by atoms with Crippen LogP contribution in [0.4, 0.5) is 4.79 Å². The molecular formula is C36H49NO6. The number of ether oxygens (including phenoxy) is 3. The van der Waals surface area contributed by atoms with E-state index in [1.165, 1.54) is 38.2 Å². The van der Waals surface area contributed by atoms with Gasteiger partial charge < -0.3 is 19.3 Å². The van der Waals surface area contributed by atoms with E-state index in [1.807, 2.05) is 60.7 Å². The van der Waals surface area contributed by atoms with E-state index in [2.05, 4.69) is 20.1 Å². The van der Waals surface area contributed by atoms with Gasteiger partial charge in [0.05, 0.1) is 18.8 Å². The van der Waals surface area contributed by atoms with Gasteiger partial charge in [0.2, 0.25) is 0 Å². The lowest BCUT2D eigenvalue weighted by Crippen LogP contribution is -2.52. The van der Waals surface area contributed by atoms with Crippen molar-refractivity contribution >= 4 is 12.0 Å². The van der Waals surface area contributed by atoms with Gasteiger partial charge in [-0.05, 0) is 24.0 Å². The maximum Gasteiger partial charge on any atom is 0.417 e. The summed E-state index contributed by atoms with van der Waals surface area (Å²) in [5.74, 6) is -0.650. The number of amides is 2. The summed E-state index contributed by atoms with van der Waals surface area (Å²) in [4.78, 5) is 27.8. The van der Waals surface area contributed by atoms with E-state index >= 15 is 0 Å². The van der Waals surface area contributed by atoms with Gasteiger partial charge in [0.15, 0.2) is 6.10 Å². The summed E-state index contributed by atoms with van der Waals surface area (Å²) in [5.41, 5.74) is 1.97. The Morgan fingerprint density at radius 3 is 2.16 bits per heavy atom. The lowest BCUT2D eigenvalue weighted by Gasteiger charge is -2.32. The monoisotopic (exact) mass is 591 g/mol. The quantitative estimate of drug-likeness (QED) is 0.122. The molecule has 0 saturated carbocycles. The van der Waals surface area contributed by atoms with Gasteiger partial charge in [0.25, 0.3) is 5.91 Å². The summed E-state index contributed by atoms with van der Waals surface area (Å²) >= 11 is 0. The van der Waals surface area contributed by atoms with E-state index in [4.69, 9.17) is 14.2 Å². The molecule has 0 aromatic heterocycles. The fourth-order valence-electron chi connectivity index (χ4n) is 5.38. The second-order valence-corrected chi connectivity index (χ2v) is 11.2. The molecule has 0 aliphatic carbocycles. The summed E-state index contributed by atoms with van der Waals surface area (Å²) in [6.45, 7) is 10.3. The highest BCUT2D eigenvalue weighted by molar-refractivity contribution is 5.96. The fourth-order valence-corrected chi connectivity index (χ4v) is 5.38. The molecule has 0 unspecified atom stereocenters. The van der Waals surface area contributed by atoms with E-state index in [-0.39, 0.29) is 6.61 Å². The number of hydrogen-bond donors (Lipinski definition) is 1. The standard InChI is InChI=1S/C36H49NO6/c1-4-7-8-9-10-11-12-19-24-33(32(6-3)41-26-29-22-17-14-18-23-29)43-34(31(38)5-2)35(39)37-30(27-42-36(37)40)25-28-20-15-13-16-21-28/h5-6,13-18,20-23,30-34,38H,2-4,7-12,19,24-27H2,1H3/t30-,31+,32-,33+,34-/m1/s1. The van der Waals surface area contributed by atoms with Crippen LogP contribution >= 0.6 is 0 Å². The van der Waals surface area contributed by atoms with Crippen LogP contribution in [0.1, 0.15) is 75.8 Å². The zero-order valence-electron chi connectivity index (χ0n) is 25.7. The van der Waals surface area contributed by atoms with Crippen molar-refractivity contribution in [3.63, 3.8) is 0 Å². The zero-order chi connectivity index (χ0) is 30.9. The largest absolute Gasteiger partial charge is 0.447 e. The van der Waals surface area contributed by atoms with Crippen molar-refractivity contribution in [3.05, 3.63) is 97.1 Å². The van der Waals surface area contributed by atoms with Crippen molar-refractivity contribution in [2.24, 2.45) is 0 Å². The maximum absolute atomic E-state index is 13.9. The van der Waals surface area contributed by atoms with Crippen molar-refractivity contribution in [2.45, 2.75) is 108 Å². The van der Waals surface area contributed by atoms with Crippen LogP contribution in [0.25, 0.3) is 0 Å². The number of cyclic esters (lactones) is 1. The number of hydrogen-bond acceptors (Lipinski definition) is 6. The lowest BCUT2D eigenvalue weighted by molar-refractivity contribution is -0.161. The van der Waals surface area contributed by atoms with Crippen LogP contribution in [0, 0.1) is 0 Å². The fraction of sp³-hybridized carbons (Fsp3) is 0.500. The number of imide groups is 1. The molecule has 3 rings (SSSR count). The Bertz CT molecular complexity index is 1110. The third-order valence-electron chi connectivity index (χ3n) is 7.86. The Morgan fingerprint density at radius 1 is 0.953 bits per heavy atom. The molecule has 7 heteroatoms. The lowest BCUT2D eigenvalue weighted by atomic mass is 10.0. The SMILES string of the molecule is C=C[C@H](O)[C@@H](O[C@@H](CCCCCCCCCC)[C@@H](C=C)OCc1ccccc1)C(=O)N1C(=O)OC[C@H]1Cc1ccccc1. The average molecular weight is 592 g/mol. The number of aliphatic hydroxyl groups is 1. The Hall–Kier alpha value is -3.26. The Kier molecular flexibility index (Phi) is 15.2. The summed E-state index contributed by atoms with van der Waals surface area (Å²) in [5, 5.41) is 10.9. The van der Waals surface area contributed by atoms with Crippen molar-refractivity contribution < 1.29 is 28.9 Å². The molecule has 1 N–H and O–H groups in total. The number of rotatable bonds is 21. The smallest absolute Gasteiger partial charge is 0.417 e. The topological polar surface area (TPSA) is 85.3 Å². The van der Waals surface area contributed by atoms with Gasteiger partial charge in [0, 0.05) is 0 Å². The van der Waals surface area contributed by atoms with Gasteiger partial charge in [-0.15, -0.1) is 13.2 Å². The second-order valence-electron chi connectivity index (χ2n) is 11.2. The first-order valence-electron chi connectivity index (χ1n) is 15.8. The molecule has 1 fully saturated rings. The Morgan fingerprint density at radius 2 is 1.56 bits per heavy atom. The molecule has 0 radical (unpaired) electrons. The third kappa shape index (κ3) is 11.1. The molecule has 5 atom stereocenters. The minimum atomic E-state index is -1.36. The molecule has 7 nitrogen and oxygen atoms in total. The molecule has 2 aromatic rings. The van der Waals surface area contributed by atoms with Gasteiger partial charge in [-0.3, -0.25) is 4.79 Å². The highest BCUT2D eigenvalue weighted by Gasteiger charge is 2.44. The minimum absolute atomic E-state index is 0.0769. The number of carbonyl (C=O) groups is 2. The Labute approximate surface area is 257 Å². The van der Waals surface area contributed by atoms with Gasteiger partial charge in [-0.2, -0.15) is 0 Å². The van der Waals surface area contributed by atoms with E-state index < -0.39 is 42.5 Å². The summed E-state index contributed by atoms with van der Waals surface area (Å²) in [6.07, 6.45) is 8.64. The molecule has 0 spiro atoms. The summed E-state index contributed by atoms with van der Waals surface area (Å²) in [7, 11) is 0. The molecule has 1 heterocycles. The number of benzene rings is 2. The number of unbranched alkanes of at least 4 members (excludes halogenated alkanes) is 7. The predicted molar refractivity (Wildman–Crippen MR) is 169 cm³/mol. The van der Waals surface area contributed by atoms with E-state index in [1.54, 1.807) is 6.08 Å². The van der Waals surface area contributed by atoms with Crippen LogP contribution < -0.4 is 0 Å². The van der Waals surface area contributed by atoms with Crippen LogP contribution in [-0.2, 0) is 32.0 Å². The minimum Gasteiger partial charge on any atom is -0.447 e. The second kappa shape index (κ2) is 19.1. The first-order valence-corrected chi connectivity index (χ1v) is 15.8. The van der Waals surface area contributed by atoms with Crippen LogP contribution in [0.2, 0.25) is 0 Å². The molecular weight excluding hydrogens is 542 g/mol. The molecule has 2 aromatic carbocycles. The zero-order valence-corrected chi connectivity index (χ0v) is 25.7. The molecule has 234 valence electrons. The molecule has 2 amide bonds. The molecule has 1 saturated heterocycles. The number of carbonyl (C=O) groups excluding carboxylic acids is 2. The van der Waals surface area contributed by atoms with Crippen molar-refractivity contribution in [3.8, 4) is 0 Å². The first-order chi connectivity index (χ1) is 21.0. The van der Waals surface area contributed by atoms with Crippen LogP contribution in [-0.4, -0.2) is 59.1 Å². The van der Waals surface area contributed by atoms with Gasteiger partial charge in [-0.25, -0.2) is 9.69 Å². The molecule has 0 bridgehead atoms. The Balaban J connectivity index is 1.74. The van der Waals surface area contributed by atoms with Crippen LogP contribution in [0.3, 0.4) is 0 Å². The van der Waals surface area contributed by atoms with Crippen molar-refractivity contribution in [1.82, 2.24) is 4.90 Å². The van der Waals surface area contributed by atoms with Crippen molar-refractivity contribution in [1.29, 1.82) is 0 Å². The molecule has 1 aliphatic heterocycles. The molecule has 43 heavy (non-hydrogen) atoms. The maximum atomic E-state index is 13.9. The molecule has 1 aliphatic rings. The van der Waals surface area contributed by atoms with Gasteiger partial charge >= 0.3 is 6.09 Å². The van der Waals surface area contributed by atoms with Crippen LogP contribution in [0.5, 0.6) is 0 Å². The number of aliphatic hydroxyl groups excluding tert-OH is 1. The van der Waals surface area contributed by atoms with Gasteiger partial charge in [-0.1, -0.05) is 131 Å². The van der Waals surface area contributed by atoms with Crippen molar-refractivity contribution in [2.75, 3.05) is 6.61 Å². The van der Waals surface area contributed by atoms with Gasteiger partial charge in [0.1, 0.15) is 18.8 Å². The van der Waals surface area contributed by atoms with Crippen LogP contribution in [0.15, 0.2) is 86.0 Å². The normalized spacial score (nSPS) is 17.6. The van der Waals surface area contributed by atoms with E-state index in [0.29, 0.717) is 19.4 Å².